The van der Waals surface area contributed by atoms with E-state index in [0.717, 1.165) is 5.56 Å². The smallest absolute Gasteiger partial charge is 0.193 e. The lowest BCUT2D eigenvalue weighted by Gasteiger charge is -2.10. The first-order chi connectivity index (χ1) is 10.1. The molecule has 3 aromatic rings. The fourth-order valence-electron chi connectivity index (χ4n) is 2.28. The number of aliphatic hydroxyl groups excluding tert-OH is 1. The summed E-state index contributed by atoms with van der Waals surface area (Å²) in [5.74, 6) is 0.432. The van der Waals surface area contributed by atoms with Gasteiger partial charge >= 0.3 is 0 Å². The molecule has 21 heavy (non-hydrogen) atoms. The molecule has 0 aliphatic rings. The maximum Gasteiger partial charge on any atom is 0.193 e. The second kappa shape index (κ2) is 5.42. The van der Waals surface area contributed by atoms with Gasteiger partial charge in [-0.15, -0.1) is 0 Å². The predicted octanol–water partition coefficient (Wildman–Crippen LogP) is 2.77. The first-order valence-electron chi connectivity index (χ1n) is 6.62. The number of benzene rings is 2. The van der Waals surface area contributed by atoms with Gasteiger partial charge in [-0.25, -0.2) is 0 Å². The van der Waals surface area contributed by atoms with Crippen LogP contribution in [0.4, 0.5) is 0 Å². The van der Waals surface area contributed by atoms with Crippen LogP contribution >= 0.6 is 0 Å². The van der Waals surface area contributed by atoms with E-state index in [1.165, 1.54) is 18.2 Å². The summed E-state index contributed by atoms with van der Waals surface area (Å²) in [6.45, 7) is 0. The monoisotopic (exact) mass is 282 g/mol. The minimum Gasteiger partial charge on any atom is -0.508 e. The number of phenolic OH excluding ortho intramolecular Hbond substituents is 1. The van der Waals surface area contributed by atoms with E-state index in [4.69, 9.17) is 4.42 Å². The van der Waals surface area contributed by atoms with Crippen LogP contribution in [0.2, 0.25) is 0 Å². The standard InChI is InChI=1S/C17H14O4/c18-12-6-7-17-14(8-12)16(20)10-13(21-17)9-15(19)11-4-2-1-3-5-11/h1-8,10,15,18-19H,9H2. The highest BCUT2D eigenvalue weighted by Crippen LogP contribution is 2.21. The second-order valence-electron chi connectivity index (χ2n) is 4.89. The molecule has 0 fully saturated rings. The van der Waals surface area contributed by atoms with Crippen molar-refractivity contribution in [3.63, 3.8) is 0 Å². The summed E-state index contributed by atoms with van der Waals surface area (Å²) in [4.78, 5) is 12.0. The number of aliphatic hydroxyl groups is 1. The molecule has 1 atom stereocenters. The minimum absolute atomic E-state index is 0.0203. The van der Waals surface area contributed by atoms with Crippen molar-refractivity contribution < 1.29 is 14.6 Å². The summed E-state index contributed by atoms with van der Waals surface area (Å²) in [5.41, 5.74) is 0.934. The highest BCUT2D eigenvalue weighted by atomic mass is 16.3. The van der Waals surface area contributed by atoms with Crippen LogP contribution in [0, 0.1) is 0 Å². The molecule has 0 bridgehead atoms. The van der Waals surface area contributed by atoms with Gasteiger partial charge < -0.3 is 14.6 Å². The molecule has 106 valence electrons. The van der Waals surface area contributed by atoms with Crippen LogP contribution in [0.5, 0.6) is 5.75 Å². The van der Waals surface area contributed by atoms with Gasteiger partial charge in [0.15, 0.2) is 5.43 Å². The van der Waals surface area contributed by atoms with Gasteiger partial charge in [-0.1, -0.05) is 30.3 Å². The van der Waals surface area contributed by atoms with Crippen molar-refractivity contribution in [2.24, 2.45) is 0 Å². The number of phenols is 1. The second-order valence-corrected chi connectivity index (χ2v) is 4.89. The molecule has 0 radical (unpaired) electrons. The van der Waals surface area contributed by atoms with E-state index >= 15 is 0 Å². The third kappa shape index (κ3) is 2.80. The molecule has 1 aromatic heterocycles. The lowest BCUT2D eigenvalue weighted by molar-refractivity contribution is 0.171. The van der Waals surface area contributed by atoms with Crippen LogP contribution in [-0.4, -0.2) is 10.2 Å². The molecule has 0 aliphatic heterocycles. The lowest BCUT2D eigenvalue weighted by atomic mass is 10.0. The zero-order valence-corrected chi connectivity index (χ0v) is 11.2. The van der Waals surface area contributed by atoms with Gasteiger partial charge in [0.2, 0.25) is 0 Å². The fourth-order valence-corrected chi connectivity index (χ4v) is 2.28. The van der Waals surface area contributed by atoms with Gasteiger partial charge in [-0.05, 0) is 23.8 Å². The Morgan fingerprint density at radius 3 is 2.57 bits per heavy atom. The van der Waals surface area contributed by atoms with Gasteiger partial charge in [-0.3, -0.25) is 4.79 Å². The average molecular weight is 282 g/mol. The van der Waals surface area contributed by atoms with Crippen LogP contribution in [0.3, 0.4) is 0 Å². The molecule has 0 spiro atoms. The van der Waals surface area contributed by atoms with Crippen LogP contribution in [0.25, 0.3) is 11.0 Å². The Balaban J connectivity index is 1.95. The summed E-state index contributed by atoms with van der Waals surface area (Å²) < 4.78 is 5.62. The van der Waals surface area contributed by atoms with E-state index in [1.807, 2.05) is 30.3 Å². The zero-order valence-electron chi connectivity index (χ0n) is 11.2. The summed E-state index contributed by atoms with van der Waals surface area (Å²) in [6.07, 6.45) is -0.514. The first-order valence-corrected chi connectivity index (χ1v) is 6.62. The van der Waals surface area contributed by atoms with E-state index in [-0.39, 0.29) is 17.6 Å². The Bertz CT molecular complexity index is 821. The predicted molar refractivity (Wildman–Crippen MR) is 79.3 cm³/mol. The molecule has 3 rings (SSSR count). The Morgan fingerprint density at radius 1 is 1.05 bits per heavy atom. The van der Waals surface area contributed by atoms with Crippen molar-refractivity contribution in [1.29, 1.82) is 0 Å². The Kier molecular flexibility index (Phi) is 3.46. The maximum absolute atomic E-state index is 12.0. The average Bonchev–Trinajstić information content (AvgIpc) is 2.49. The van der Waals surface area contributed by atoms with Crippen LogP contribution < -0.4 is 5.43 Å². The molecule has 2 N–H and O–H groups in total. The van der Waals surface area contributed by atoms with Gasteiger partial charge in [0.05, 0.1) is 11.5 Å². The molecular weight excluding hydrogens is 268 g/mol. The van der Waals surface area contributed by atoms with E-state index < -0.39 is 6.10 Å². The minimum atomic E-state index is -0.732. The van der Waals surface area contributed by atoms with Crippen LogP contribution in [0.1, 0.15) is 17.4 Å². The molecule has 4 heteroatoms. The molecule has 1 unspecified atom stereocenters. The quantitative estimate of drug-likeness (QED) is 0.775. The first kappa shape index (κ1) is 13.4. The van der Waals surface area contributed by atoms with Crippen LogP contribution in [-0.2, 0) is 6.42 Å². The van der Waals surface area contributed by atoms with E-state index in [2.05, 4.69) is 0 Å². The molecule has 0 amide bonds. The normalized spacial score (nSPS) is 12.4. The maximum atomic E-state index is 12.0. The summed E-state index contributed by atoms with van der Waals surface area (Å²) in [5, 5.41) is 19.9. The van der Waals surface area contributed by atoms with Gasteiger partial charge in [-0.2, -0.15) is 0 Å². The Labute approximate surface area is 120 Å². The molecule has 1 heterocycles. The molecule has 2 aromatic carbocycles. The SMILES string of the molecule is O=c1cc(CC(O)c2ccccc2)oc2ccc(O)cc12. The van der Waals surface area contributed by atoms with Crippen molar-refractivity contribution in [2.75, 3.05) is 0 Å². The van der Waals surface area contributed by atoms with E-state index in [0.29, 0.717) is 16.7 Å². The third-order valence-corrected chi connectivity index (χ3v) is 3.34. The van der Waals surface area contributed by atoms with Crippen LogP contribution in [0.15, 0.2) is 63.8 Å². The van der Waals surface area contributed by atoms with Gasteiger partial charge in [0, 0.05) is 12.5 Å². The fraction of sp³-hybridized carbons (Fsp3) is 0.118. The Hall–Kier alpha value is -2.59. The van der Waals surface area contributed by atoms with Gasteiger partial charge in [0.1, 0.15) is 17.1 Å². The highest BCUT2D eigenvalue weighted by Gasteiger charge is 2.12. The van der Waals surface area contributed by atoms with E-state index in [1.54, 1.807) is 6.07 Å². The number of hydrogen-bond donors (Lipinski definition) is 2. The largest absolute Gasteiger partial charge is 0.508 e. The number of aromatic hydroxyl groups is 1. The zero-order chi connectivity index (χ0) is 14.8. The Morgan fingerprint density at radius 2 is 1.81 bits per heavy atom. The molecule has 0 aliphatic carbocycles. The molecule has 0 saturated heterocycles. The molecule has 0 saturated carbocycles. The topological polar surface area (TPSA) is 70.7 Å². The number of fused-ring (bicyclic) bond motifs is 1. The van der Waals surface area contributed by atoms with Crippen molar-refractivity contribution in [2.45, 2.75) is 12.5 Å². The third-order valence-electron chi connectivity index (χ3n) is 3.34. The molecule has 4 nitrogen and oxygen atoms in total. The van der Waals surface area contributed by atoms with Crippen molar-refractivity contribution in [1.82, 2.24) is 0 Å². The van der Waals surface area contributed by atoms with Crippen molar-refractivity contribution in [3.8, 4) is 5.75 Å². The van der Waals surface area contributed by atoms with Gasteiger partial charge in [0.25, 0.3) is 0 Å². The lowest BCUT2D eigenvalue weighted by Crippen LogP contribution is -2.06. The van der Waals surface area contributed by atoms with Crippen molar-refractivity contribution >= 4 is 11.0 Å². The van der Waals surface area contributed by atoms with E-state index in [9.17, 15) is 15.0 Å². The highest BCUT2D eigenvalue weighted by molar-refractivity contribution is 5.77. The summed E-state index contributed by atoms with van der Waals surface area (Å²) >= 11 is 0. The molecular formula is C17H14O4. The number of rotatable bonds is 3. The van der Waals surface area contributed by atoms with Crippen molar-refractivity contribution in [3.05, 3.63) is 76.1 Å². The number of hydrogen-bond acceptors (Lipinski definition) is 4. The summed E-state index contributed by atoms with van der Waals surface area (Å²) in [7, 11) is 0. The summed E-state index contributed by atoms with van der Waals surface area (Å²) in [6, 6.07) is 14.9.